The van der Waals surface area contributed by atoms with Gasteiger partial charge in [0.05, 0.1) is 16.4 Å². The van der Waals surface area contributed by atoms with E-state index in [1.807, 2.05) is 6.92 Å². The minimum Gasteiger partial charge on any atom is -0.336 e. The smallest absolute Gasteiger partial charge is 0.336 e. The number of alkyl halides is 3. The number of likely N-dealkylation sites (tertiary alicyclic amines) is 1. The third-order valence-corrected chi connectivity index (χ3v) is 5.39. The van der Waals surface area contributed by atoms with Crippen molar-refractivity contribution in [1.29, 1.82) is 5.41 Å². The van der Waals surface area contributed by atoms with Crippen LogP contribution in [0.5, 0.6) is 0 Å². The van der Waals surface area contributed by atoms with Crippen LogP contribution < -0.4 is 0 Å². The van der Waals surface area contributed by atoms with Crippen molar-refractivity contribution in [3.8, 4) is 0 Å². The van der Waals surface area contributed by atoms with E-state index in [1.54, 1.807) is 53.4 Å². The topological polar surface area (TPSA) is 56.5 Å². The minimum atomic E-state index is -4.75. The molecule has 1 aliphatic rings. The van der Waals surface area contributed by atoms with Crippen LogP contribution in [0.2, 0.25) is 5.02 Å². The van der Waals surface area contributed by atoms with Crippen LogP contribution >= 0.6 is 11.6 Å². The molecule has 0 spiro atoms. The Morgan fingerprint density at radius 3 is 2.37 bits per heavy atom. The third kappa shape index (κ3) is 5.08. The van der Waals surface area contributed by atoms with E-state index in [4.69, 9.17) is 17.0 Å². The first-order valence-corrected chi connectivity index (χ1v) is 9.92. The summed E-state index contributed by atoms with van der Waals surface area (Å²) in [6.07, 6.45) is -3.54. The number of carbonyl (C=O) groups is 1. The van der Waals surface area contributed by atoms with E-state index in [0.717, 1.165) is 12.8 Å². The van der Waals surface area contributed by atoms with Gasteiger partial charge in [-0.05, 0) is 49.6 Å². The van der Waals surface area contributed by atoms with Gasteiger partial charge in [0.1, 0.15) is 5.71 Å². The molecule has 1 unspecified atom stereocenters. The van der Waals surface area contributed by atoms with E-state index in [1.165, 1.54) is 0 Å². The Morgan fingerprint density at radius 1 is 1.17 bits per heavy atom. The molecular formula is C22H21ClF3N3O. The van der Waals surface area contributed by atoms with Crippen molar-refractivity contribution < 1.29 is 18.0 Å². The van der Waals surface area contributed by atoms with Gasteiger partial charge in [0.2, 0.25) is 0 Å². The Morgan fingerprint density at radius 2 is 1.80 bits per heavy atom. The summed E-state index contributed by atoms with van der Waals surface area (Å²) < 4.78 is 38.9. The lowest BCUT2D eigenvalue weighted by Crippen LogP contribution is -2.33. The number of aliphatic imine (C=N–C) groups is 1. The lowest BCUT2D eigenvalue weighted by molar-refractivity contribution is -0.0605. The van der Waals surface area contributed by atoms with Gasteiger partial charge in [-0.3, -0.25) is 9.79 Å². The second-order valence-corrected chi connectivity index (χ2v) is 7.64. The van der Waals surface area contributed by atoms with Crippen molar-refractivity contribution in [2.75, 3.05) is 6.54 Å². The van der Waals surface area contributed by atoms with Crippen LogP contribution in [-0.2, 0) is 0 Å². The number of nitrogens with zero attached hydrogens (tertiary/aromatic N) is 2. The molecule has 0 saturated carbocycles. The molecule has 2 aromatic rings. The molecule has 1 N–H and O–H groups in total. The SMILES string of the molecule is CC1CCCN1C(=O)c1ccc(C(CC(=N)C(F)(F)F)=Nc2ccccc2Cl)cc1. The van der Waals surface area contributed by atoms with Crippen molar-refractivity contribution >= 4 is 34.6 Å². The maximum atomic E-state index is 13.0. The van der Waals surface area contributed by atoms with Crippen LogP contribution in [0.3, 0.4) is 0 Å². The first-order chi connectivity index (χ1) is 14.2. The summed E-state index contributed by atoms with van der Waals surface area (Å²) in [4.78, 5) is 18.8. The van der Waals surface area contributed by atoms with Crippen LogP contribution in [0.1, 0.15) is 42.1 Å². The van der Waals surface area contributed by atoms with E-state index in [-0.39, 0.29) is 17.7 Å². The molecule has 1 fully saturated rings. The molecule has 0 aliphatic carbocycles. The summed E-state index contributed by atoms with van der Waals surface area (Å²) in [6, 6.07) is 13.0. The highest BCUT2D eigenvalue weighted by Gasteiger charge is 2.35. The predicted molar refractivity (Wildman–Crippen MR) is 112 cm³/mol. The molecule has 30 heavy (non-hydrogen) atoms. The summed E-state index contributed by atoms with van der Waals surface area (Å²) in [7, 11) is 0. The Bertz CT molecular complexity index is 970. The fraction of sp³-hybridized carbons (Fsp3) is 0.318. The quantitative estimate of drug-likeness (QED) is 0.570. The average Bonchev–Trinajstić information content (AvgIpc) is 3.13. The summed E-state index contributed by atoms with van der Waals surface area (Å²) in [5, 5.41) is 7.68. The molecular weight excluding hydrogens is 415 g/mol. The van der Waals surface area contributed by atoms with Crippen molar-refractivity contribution in [3.63, 3.8) is 0 Å². The number of halogens is 4. The molecule has 1 atom stereocenters. The van der Waals surface area contributed by atoms with Crippen LogP contribution in [0, 0.1) is 5.41 Å². The molecule has 0 bridgehead atoms. The van der Waals surface area contributed by atoms with Gasteiger partial charge in [0, 0.05) is 24.6 Å². The molecule has 0 aromatic heterocycles. The van der Waals surface area contributed by atoms with Crippen LogP contribution in [-0.4, -0.2) is 41.0 Å². The summed E-state index contributed by atoms with van der Waals surface area (Å²) in [5.41, 5.74) is -0.168. The molecule has 3 rings (SSSR count). The number of carbonyl (C=O) groups excluding carboxylic acids is 1. The van der Waals surface area contributed by atoms with Crippen LogP contribution in [0.15, 0.2) is 53.5 Å². The summed E-state index contributed by atoms with van der Waals surface area (Å²) in [6.45, 7) is 2.69. The van der Waals surface area contributed by atoms with E-state index in [0.29, 0.717) is 28.4 Å². The first kappa shape index (κ1) is 22.0. The van der Waals surface area contributed by atoms with Gasteiger partial charge in [-0.25, -0.2) is 0 Å². The minimum absolute atomic E-state index is 0.0546. The van der Waals surface area contributed by atoms with Gasteiger partial charge in [-0.15, -0.1) is 0 Å². The largest absolute Gasteiger partial charge is 0.429 e. The van der Waals surface area contributed by atoms with Crippen molar-refractivity contribution in [2.24, 2.45) is 4.99 Å². The highest BCUT2D eigenvalue weighted by Crippen LogP contribution is 2.27. The Hall–Kier alpha value is -2.67. The zero-order valence-corrected chi connectivity index (χ0v) is 17.1. The molecule has 8 heteroatoms. The maximum absolute atomic E-state index is 13.0. The van der Waals surface area contributed by atoms with Gasteiger partial charge >= 0.3 is 6.18 Å². The van der Waals surface area contributed by atoms with E-state index in [9.17, 15) is 18.0 Å². The number of hydrogen-bond acceptors (Lipinski definition) is 3. The van der Waals surface area contributed by atoms with Crippen molar-refractivity contribution in [2.45, 2.75) is 38.4 Å². The molecule has 2 aromatic carbocycles. The zero-order valence-electron chi connectivity index (χ0n) is 16.3. The second-order valence-electron chi connectivity index (χ2n) is 7.23. The highest BCUT2D eigenvalue weighted by atomic mass is 35.5. The third-order valence-electron chi connectivity index (χ3n) is 5.07. The lowest BCUT2D eigenvalue weighted by Gasteiger charge is -2.21. The molecule has 1 heterocycles. The summed E-state index contributed by atoms with van der Waals surface area (Å²) in [5.74, 6) is -0.0980. The summed E-state index contributed by atoms with van der Waals surface area (Å²) >= 11 is 6.10. The number of para-hydroxylation sites is 1. The van der Waals surface area contributed by atoms with Crippen LogP contribution in [0.25, 0.3) is 0 Å². The maximum Gasteiger partial charge on any atom is 0.429 e. The van der Waals surface area contributed by atoms with Gasteiger partial charge in [-0.2, -0.15) is 13.2 Å². The van der Waals surface area contributed by atoms with E-state index in [2.05, 4.69) is 4.99 Å². The van der Waals surface area contributed by atoms with E-state index >= 15 is 0 Å². The zero-order chi connectivity index (χ0) is 21.9. The van der Waals surface area contributed by atoms with Gasteiger partial charge < -0.3 is 10.3 Å². The fourth-order valence-electron chi connectivity index (χ4n) is 3.37. The molecule has 4 nitrogen and oxygen atoms in total. The Labute approximate surface area is 177 Å². The normalized spacial score (nSPS) is 17.3. The average molecular weight is 436 g/mol. The number of hydrogen-bond donors (Lipinski definition) is 1. The Balaban J connectivity index is 1.92. The van der Waals surface area contributed by atoms with Crippen molar-refractivity contribution in [3.05, 3.63) is 64.7 Å². The van der Waals surface area contributed by atoms with E-state index < -0.39 is 18.3 Å². The van der Waals surface area contributed by atoms with Gasteiger partial charge in [0.25, 0.3) is 5.91 Å². The predicted octanol–water partition coefficient (Wildman–Crippen LogP) is 6.06. The molecule has 0 radical (unpaired) electrons. The number of benzene rings is 2. The molecule has 1 amide bonds. The number of rotatable bonds is 5. The molecule has 158 valence electrons. The molecule has 1 aliphatic heterocycles. The van der Waals surface area contributed by atoms with Gasteiger partial charge in [-0.1, -0.05) is 35.9 Å². The van der Waals surface area contributed by atoms with Crippen molar-refractivity contribution in [1.82, 2.24) is 4.90 Å². The second kappa shape index (κ2) is 9.00. The first-order valence-electron chi connectivity index (χ1n) is 9.55. The van der Waals surface area contributed by atoms with Gasteiger partial charge in [0.15, 0.2) is 0 Å². The number of amides is 1. The Kier molecular flexibility index (Phi) is 6.61. The lowest BCUT2D eigenvalue weighted by atomic mass is 10.0. The highest BCUT2D eigenvalue weighted by molar-refractivity contribution is 6.33. The monoisotopic (exact) mass is 435 g/mol. The van der Waals surface area contributed by atoms with Crippen LogP contribution in [0.4, 0.5) is 18.9 Å². The fourth-order valence-corrected chi connectivity index (χ4v) is 3.55. The standard InChI is InChI=1S/C22H21ClF3N3O/c1-14-5-4-12-29(14)21(30)16-10-8-15(9-11-16)19(13-20(27)22(24,25)26)28-18-7-3-2-6-17(18)23/h2-3,6-11,14,27H,4-5,12-13H2,1H3. The molecule has 1 saturated heterocycles. The number of nitrogens with one attached hydrogen (secondary N) is 1.